The summed E-state index contributed by atoms with van der Waals surface area (Å²) < 4.78 is 10.9. The maximum Gasteiger partial charge on any atom is 0.119 e. The van der Waals surface area contributed by atoms with Gasteiger partial charge in [-0.1, -0.05) is 6.07 Å². The van der Waals surface area contributed by atoms with Crippen molar-refractivity contribution in [1.29, 1.82) is 0 Å². The summed E-state index contributed by atoms with van der Waals surface area (Å²) in [7, 11) is 1.72. The highest BCUT2D eigenvalue weighted by molar-refractivity contribution is 5.44. The lowest BCUT2D eigenvalue weighted by molar-refractivity contribution is 0.0359. The third-order valence-electron chi connectivity index (χ3n) is 4.67. The molecule has 1 spiro atoms. The molecule has 0 radical (unpaired) electrons. The average molecular weight is 247 g/mol. The summed E-state index contributed by atoms with van der Waals surface area (Å²) in [5, 5.41) is 0. The van der Waals surface area contributed by atoms with E-state index in [0.717, 1.165) is 44.6 Å². The normalized spacial score (nSPS) is 25.8. The van der Waals surface area contributed by atoms with Gasteiger partial charge in [0, 0.05) is 24.7 Å². The van der Waals surface area contributed by atoms with Gasteiger partial charge < -0.3 is 15.2 Å². The molecule has 2 aliphatic rings. The highest BCUT2D eigenvalue weighted by Crippen LogP contribution is 2.44. The fourth-order valence-corrected chi connectivity index (χ4v) is 3.55. The Morgan fingerprint density at radius 3 is 2.83 bits per heavy atom. The van der Waals surface area contributed by atoms with Crippen LogP contribution in [0.15, 0.2) is 18.2 Å². The first-order chi connectivity index (χ1) is 8.76. The second-order valence-electron chi connectivity index (χ2n) is 5.44. The number of rotatable bonds is 1. The first kappa shape index (κ1) is 12.0. The zero-order valence-electron chi connectivity index (χ0n) is 10.9. The van der Waals surface area contributed by atoms with Gasteiger partial charge in [0.1, 0.15) is 5.75 Å². The number of hydrogen-bond donors (Lipinski definition) is 1. The molecule has 1 aromatic rings. The van der Waals surface area contributed by atoms with E-state index in [9.17, 15) is 0 Å². The summed E-state index contributed by atoms with van der Waals surface area (Å²) >= 11 is 0. The van der Waals surface area contributed by atoms with Crippen molar-refractivity contribution >= 4 is 0 Å². The lowest BCUT2D eigenvalue weighted by Crippen LogP contribution is -2.51. The monoisotopic (exact) mass is 247 g/mol. The Labute approximate surface area is 108 Å². The van der Waals surface area contributed by atoms with Crippen LogP contribution in [-0.4, -0.2) is 26.4 Å². The summed E-state index contributed by atoms with van der Waals surface area (Å²) in [4.78, 5) is 0. The Kier molecular flexibility index (Phi) is 3.04. The molecule has 3 heteroatoms. The van der Waals surface area contributed by atoms with Crippen LogP contribution in [0.2, 0.25) is 0 Å². The van der Waals surface area contributed by atoms with Gasteiger partial charge in [0.25, 0.3) is 0 Å². The van der Waals surface area contributed by atoms with Crippen molar-refractivity contribution in [2.24, 2.45) is 5.73 Å². The summed E-state index contributed by atoms with van der Waals surface area (Å²) in [5.41, 5.74) is 9.43. The number of benzene rings is 1. The fraction of sp³-hybridized carbons (Fsp3) is 0.600. The minimum Gasteiger partial charge on any atom is -0.497 e. The quantitative estimate of drug-likeness (QED) is 0.825. The van der Waals surface area contributed by atoms with Crippen LogP contribution in [-0.2, 0) is 16.6 Å². The SMILES string of the molecule is COc1ccc2c(c1)CCC(N)C21CCOCC1. The Morgan fingerprint density at radius 1 is 1.33 bits per heavy atom. The van der Waals surface area contributed by atoms with E-state index in [2.05, 4.69) is 18.2 Å². The maximum atomic E-state index is 6.44. The van der Waals surface area contributed by atoms with Crippen LogP contribution in [0, 0.1) is 0 Å². The number of ether oxygens (including phenoxy) is 2. The van der Waals surface area contributed by atoms with Gasteiger partial charge in [0.15, 0.2) is 0 Å². The molecule has 1 heterocycles. The number of aryl methyl sites for hydroxylation is 1. The topological polar surface area (TPSA) is 44.5 Å². The molecule has 3 rings (SSSR count). The standard InChI is InChI=1S/C15H21NO2/c1-17-12-3-4-13-11(10-12)2-5-14(16)15(13)6-8-18-9-7-15/h3-4,10,14H,2,5-9,16H2,1H3. The molecule has 1 fully saturated rings. The average Bonchev–Trinajstić information content (AvgIpc) is 2.44. The molecule has 1 aliphatic heterocycles. The van der Waals surface area contributed by atoms with Crippen molar-refractivity contribution < 1.29 is 9.47 Å². The minimum absolute atomic E-state index is 0.137. The number of nitrogens with two attached hydrogens (primary N) is 1. The van der Waals surface area contributed by atoms with E-state index in [-0.39, 0.29) is 11.5 Å². The molecule has 2 N–H and O–H groups in total. The second kappa shape index (κ2) is 4.56. The van der Waals surface area contributed by atoms with E-state index in [1.54, 1.807) is 7.11 Å². The highest BCUT2D eigenvalue weighted by atomic mass is 16.5. The molecule has 1 unspecified atom stereocenters. The van der Waals surface area contributed by atoms with Gasteiger partial charge in [-0.15, -0.1) is 0 Å². The molecule has 0 saturated carbocycles. The summed E-state index contributed by atoms with van der Waals surface area (Å²) in [6.45, 7) is 1.67. The molecule has 1 saturated heterocycles. The predicted octanol–water partition coefficient (Wildman–Crippen LogP) is 2.02. The Morgan fingerprint density at radius 2 is 2.11 bits per heavy atom. The zero-order valence-corrected chi connectivity index (χ0v) is 10.9. The second-order valence-corrected chi connectivity index (χ2v) is 5.44. The predicted molar refractivity (Wildman–Crippen MR) is 71.0 cm³/mol. The minimum atomic E-state index is 0.137. The van der Waals surface area contributed by atoms with Gasteiger partial charge in [0.05, 0.1) is 7.11 Å². The van der Waals surface area contributed by atoms with Crippen LogP contribution in [0.25, 0.3) is 0 Å². The van der Waals surface area contributed by atoms with Crippen molar-refractivity contribution in [3.05, 3.63) is 29.3 Å². The lowest BCUT2D eigenvalue weighted by atomic mass is 9.63. The van der Waals surface area contributed by atoms with Gasteiger partial charge in [-0.2, -0.15) is 0 Å². The number of hydrogen-bond acceptors (Lipinski definition) is 3. The van der Waals surface area contributed by atoms with Crippen LogP contribution < -0.4 is 10.5 Å². The van der Waals surface area contributed by atoms with Gasteiger partial charge in [-0.05, 0) is 48.9 Å². The molecule has 98 valence electrons. The molecule has 1 aliphatic carbocycles. The maximum absolute atomic E-state index is 6.44. The van der Waals surface area contributed by atoms with Crippen molar-refractivity contribution in [3.8, 4) is 5.75 Å². The Balaban J connectivity index is 2.05. The van der Waals surface area contributed by atoms with Crippen molar-refractivity contribution in [1.82, 2.24) is 0 Å². The molecular weight excluding hydrogens is 226 g/mol. The summed E-state index contributed by atoms with van der Waals surface area (Å²) in [5.74, 6) is 0.950. The summed E-state index contributed by atoms with van der Waals surface area (Å²) in [6.07, 6.45) is 4.23. The third-order valence-corrected chi connectivity index (χ3v) is 4.67. The van der Waals surface area contributed by atoms with E-state index in [1.807, 2.05) is 0 Å². The largest absolute Gasteiger partial charge is 0.497 e. The molecule has 3 nitrogen and oxygen atoms in total. The van der Waals surface area contributed by atoms with Crippen LogP contribution >= 0.6 is 0 Å². The molecule has 18 heavy (non-hydrogen) atoms. The van der Waals surface area contributed by atoms with Crippen LogP contribution in [0.5, 0.6) is 5.75 Å². The van der Waals surface area contributed by atoms with Gasteiger partial charge in [0.2, 0.25) is 0 Å². The van der Waals surface area contributed by atoms with Gasteiger partial charge >= 0.3 is 0 Å². The van der Waals surface area contributed by atoms with Crippen LogP contribution in [0.4, 0.5) is 0 Å². The van der Waals surface area contributed by atoms with E-state index >= 15 is 0 Å². The number of fused-ring (bicyclic) bond motifs is 2. The van der Waals surface area contributed by atoms with Crippen molar-refractivity contribution in [2.45, 2.75) is 37.1 Å². The van der Waals surface area contributed by atoms with Gasteiger partial charge in [-0.25, -0.2) is 0 Å². The van der Waals surface area contributed by atoms with Crippen LogP contribution in [0.3, 0.4) is 0 Å². The number of methoxy groups -OCH3 is 1. The molecule has 1 atom stereocenters. The van der Waals surface area contributed by atoms with E-state index in [0.29, 0.717) is 0 Å². The first-order valence-corrected chi connectivity index (χ1v) is 6.77. The molecule has 0 bridgehead atoms. The van der Waals surface area contributed by atoms with E-state index < -0.39 is 0 Å². The van der Waals surface area contributed by atoms with Crippen molar-refractivity contribution in [2.75, 3.05) is 20.3 Å². The lowest BCUT2D eigenvalue weighted by Gasteiger charge is -2.46. The van der Waals surface area contributed by atoms with E-state index in [1.165, 1.54) is 11.1 Å². The molecule has 0 amide bonds. The Hall–Kier alpha value is -1.06. The molecular formula is C15H21NO2. The smallest absolute Gasteiger partial charge is 0.119 e. The zero-order chi connectivity index (χ0) is 12.6. The highest BCUT2D eigenvalue weighted by Gasteiger charge is 2.43. The van der Waals surface area contributed by atoms with Crippen LogP contribution in [0.1, 0.15) is 30.4 Å². The Bertz CT molecular complexity index is 438. The van der Waals surface area contributed by atoms with Crippen molar-refractivity contribution in [3.63, 3.8) is 0 Å². The molecule has 1 aromatic carbocycles. The third kappa shape index (κ3) is 1.73. The summed E-state index contributed by atoms with van der Waals surface area (Å²) in [6, 6.07) is 6.73. The van der Waals surface area contributed by atoms with E-state index in [4.69, 9.17) is 15.2 Å². The first-order valence-electron chi connectivity index (χ1n) is 6.77. The fourth-order valence-electron chi connectivity index (χ4n) is 3.55. The molecule has 0 aromatic heterocycles. The van der Waals surface area contributed by atoms with Gasteiger partial charge in [-0.3, -0.25) is 0 Å².